The van der Waals surface area contributed by atoms with Crippen LogP contribution in [0.15, 0.2) is 52.4 Å². The number of anilines is 1. The summed E-state index contributed by atoms with van der Waals surface area (Å²) >= 11 is 0. The predicted octanol–water partition coefficient (Wildman–Crippen LogP) is -0.171. The molecule has 27 heavy (non-hydrogen) atoms. The maximum Gasteiger partial charge on any atom is 0.329 e. The van der Waals surface area contributed by atoms with Crippen LogP contribution < -0.4 is 16.1 Å². The van der Waals surface area contributed by atoms with Gasteiger partial charge in [-0.05, 0) is 12.1 Å². The van der Waals surface area contributed by atoms with Gasteiger partial charge < -0.3 is 9.80 Å². The summed E-state index contributed by atoms with van der Waals surface area (Å²) in [7, 11) is 0. The monoisotopic (exact) mass is 366 g/mol. The number of aromatic amines is 1. The highest BCUT2D eigenvalue weighted by Gasteiger charge is 2.23. The summed E-state index contributed by atoms with van der Waals surface area (Å²) in [4.78, 5) is 51.3. The van der Waals surface area contributed by atoms with Crippen molar-refractivity contribution in [2.75, 3.05) is 31.1 Å². The summed E-state index contributed by atoms with van der Waals surface area (Å²) in [5, 5.41) is 0.386. The van der Waals surface area contributed by atoms with Gasteiger partial charge in [-0.15, -0.1) is 0 Å². The SMILES string of the molecule is O=C(Cn1c(=O)[nH]c(=O)c2ccccc21)N1CCN(c2cnccn2)CC1. The lowest BCUT2D eigenvalue weighted by Crippen LogP contribution is -2.50. The summed E-state index contributed by atoms with van der Waals surface area (Å²) in [6.07, 6.45) is 4.96. The van der Waals surface area contributed by atoms with Gasteiger partial charge in [-0.3, -0.25) is 24.1 Å². The number of hydrogen-bond acceptors (Lipinski definition) is 6. The van der Waals surface area contributed by atoms with Gasteiger partial charge in [0.25, 0.3) is 5.56 Å². The molecular formula is C18H18N6O3. The minimum Gasteiger partial charge on any atom is -0.352 e. The van der Waals surface area contributed by atoms with E-state index in [4.69, 9.17) is 0 Å². The molecule has 1 aromatic carbocycles. The van der Waals surface area contributed by atoms with Crippen molar-refractivity contribution in [2.24, 2.45) is 0 Å². The molecule has 0 radical (unpaired) electrons. The van der Waals surface area contributed by atoms with Crippen LogP contribution >= 0.6 is 0 Å². The topological polar surface area (TPSA) is 104 Å². The molecule has 1 amide bonds. The Hall–Kier alpha value is -3.49. The molecule has 138 valence electrons. The summed E-state index contributed by atoms with van der Waals surface area (Å²) in [5.41, 5.74) is -0.570. The molecule has 0 unspecified atom stereocenters. The zero-order valence-corrected chi connectivity index (χ0v) is 14.5. The van der Waals surface area contributed by atoms with E-state index < -0.39 is 11.2 Å². The van der Waals surface area contributed by atoms with Crippen LogP contribution in [0.5, 0.6) is 0 Å². The number of hydrogen-bond donors (Lipinski definition) is 1. The van der Waals surface area contributed by atoms with Gasteiger partial charge in [0.2, 0.25) is 5.91 Å². The lowest BCUT2D eigenvalue weighted by Gasteiger charge is -2.35. The number of aromatic nitrogens is 4. The Morgan fingerprint density at radius 1 is 1.07 bits per heavy atom. The standard InChI is InChI=1S/C18H18N6O3/c25-16(23-9-7-22(8-10-23)15-11-19-5-6-20-15)12-24-14-4-2-1-3-13(14)17(26)21-18(24)27/h1-6,11H,7-10,12H2,(H,21,26,27). The molecule has 1 aliphatic rings. The van der Waals surface area contributed by atoms with Crippen LogP contribution in [0.25, 0.3) is 10.9 Å². The summed E-state index contributed by atoms with van der Waals surface area (Å²) < 4.78 is 1.31. The summed E-state index contributed by atoms with van der Waals surface area (Å²) in [5.74, 6) is 0.626. The van der Waals surface area contributed by atoms with Crippen LogP contribution in [0.3, 0.4) is 0 Å². The third-order valence-electron chi connectivity index (χ3n) is 4.70. The van der Waals surface area contributed by atoms with Crippen molar-refractivity contribution in [3.8, 4) is 0 Å². The van der Waals surface area contributed by atoms with E-state index in [0.29, 0.717) is 37.1 Å². The smallest absolute Gasteiger partial charge is 0.329 e. The Morgan fingerprint density at radius 2 is 1.85 bits per heavy atom. The number of H-pyrrole nitrogens is 1. The highest BCUT2D eigenvalue weighted by atomic mass is 16.2. The number of rotatable bonds is 3. The van der Waals surface area contributed by atoms with Crippen LogP contribution in [0.4, 0.5) is 5.82 Å². The van der Waals surface area contributed by atoms with E-state index in [2.05, 4.69) is 19.9 Å². The predicted molar refractivity (Wildman–Crippen MR) is 99.7 cm³/mol. The molecule has 1 fully saturated rings. The van der Waals surface area contributed by atoms with E-state index in [1.807, 2.05) is 0 Å². The van der Waals surface area contributed by atoms with Crippen molar-refractivity contribution < 1.29 is 4.79 Å². The molecule has 0 bridgehead atoms. The van der Waals surface area contributed by atoms with E-state index in [9.17, 15) is 14.4 Å². The van der Waals surface area contributed by atoms with Crippen LogP contribution in [0.1, 0.15) is 0 Å². The van der Waals surface area contributed by atoms with Gasteiger partial charge in [0.15, 0.2) is 0 Å². The van der Waals surface area contributed by atoms with E-state index in [1.165, 1.54) is 4.57 Å². The average molecular weight is 366 g/mol. The lowest BCUT2D eigenvalue weighted by molar-refractivity contribution is -0.132. The largest absolute Gasteiger partial charge is 0.352 e. The highest BCUT2D eigenvalue weighted by Crippen LogP contribution is 2.12. The van der Waals surface area contributed by atoms with Gasteiger partial charge in [-0.2, -0.15) is 0 Å². The van der Waals surface area contributed by atoms with Gasteiger partial charge in [-0.1, -0.05) is 12.1 Å². The number of para-hydroxylation sites is 1. The van der Waals surface area contributed by atoms with E-state index >= 15 is 0 Å². The van der Waals surface area contributed by atoms with Crippen LogP contribution in [0.2, 0.25) is 0 Å². The molecule has 3 aromatic rings. The minimum atomic E-state index is -0.578. The molecule has 9 heteroatoms. The number of carbonyl (C=O) groups excluding carboxylic acids is 1. The lowest BCUT2D eigenvalue weighted by atomic mass is 10.2. The fraction of sp³-hybridized carbons (Fsp3) is 0.278. The van der Waals surface area contributed by atoms with Gasteiger partial charge in [-0.25, -0.2) is 9.78 Å². The fourth-order valence-electron chi connectivity index (χ4n) is 3.27. The second-order valence-corrected chi connectivity index (χ2v) is 6.29. The third kappa shape index (κ3) is 3.31. The Bertz CT molecular complexity index is 1080. The maximum absolute atomic E-state index is 12.7. The zero-order valence-electron chi connectivity index (χ0n) is 14.5. The van der Waals surface area contributed by atoms with E-state index in [0.717, 1.165) is 5.82 Å². The second kappa shape index (κ2) is 7.02. The molecule has 1 aliphatic heterocycles. The first kappa shape index (κ1) is 17.0. The van der Waals surface area contributed by atoms with Crippen LogP contribution in [-0.4, -0.2) is 56.5 Å². The molecule has 3 heterocycles. The maximum atomic E-state index is 12.7. The normalized spacial score (nSPS) is 14.5. The van der Waals surface area contributed by atoms with E-state index in [1.54, 1.807) is 47.8 Å². The molecule has 0 spiro atoms. The molecule has 2 aromatic heterocycles. The first-order valence-electron chi connectivity index (χ1n) is 8.64. The Balaban J connectivity index is 1.50. The molecule has 0 aliphatic carbocycles. The third-order valence-corrected chi connectivity index (χ3v) is 4.70. The van der Waals surface area contributed by atoms with Crippen molar-refractivity contribution in [2.45, 2.75) is 6.54 Å². The second-order valence-electron chi connectivity index (χ2n) is 6.29. The van der Waals surface area contributed by atoms with Crippen molar-refractivity contribution in [1.82, 2.24) is 24.4 Å². The number of nitrogens with one attached hydrogen (secondary N) is 1. The highest BCUT2D eigenvalue weighted by molar-refractivity contribution is 5.81. The molecule has 0 atom stereocenters. The van der Waals surface area contributed by atoms with Crippen LogP contribution in [-0.2, 0) is 11.3 Å². The number of nitrogens with zero attached hydrogens (tertiary/aromatic N) is 5. The van der Waals surface area contributed by atoms with Gasteiger partial charge in [0.05, 0.1) is 17.1 Å². The van der Waals surface area contributed by atoms with Crippen molar-refractivity contribution >= 4 is 22.6 Å². The average Bonchev–Trinajstić information content (AvgIpc) is 2.72. The molecule has 1 saturated heterocycles. The van der Waals surface area contributed by atoms with Gasteiger partial charge in [0, 0.05) is 38.6 Å². The van der Waals surface area contributed by atoms with E-state index in [-0.39, 0.29) is 12.5 Å². The summed E-state index contributed by atoms with van der Waals surface area (Å²) in [6.45, 7) is 2.25. The van der Waals surface area contributed by atoms with Gasteiger partial charge in [0.1, 0.15) is 12.4 Å². The van der Waals surface area contributed by atoms with Crippen molar-refractivity contribution in [1.29, 1.82) is 0 Å². The number of carbonyl (C=O) groups is 1. The Kier molecular flexibility index (Phi) is 4.41. The molecule has 0 saturated carbocycles. The summed E-state index contributed by atoms with van der Waals surface area (Å²) in [6, 6.07) is 6.77. The van der Waals surface area contributed by atoms with Crippen molar-refractivity contribution in [3.63, 3.8) is 0 Å². The molecule has 1 N–H and O–H groups in total. The number of fused-ring (bicyclic) bond motifs is 1. The Morgan fingerprint density at radius 3 is 2.59 bits per heavy atom. The number of amides is 1. The first-order chi connectivity index (χ1) is 13.1. The quantitative estimate of drug-likeness (QED) is 0.690. The molecule has 4 rings (SSSR count). The first-order valence-corrected chi connectivity index (χ1v) is 8.64. The zero-order chi connectivity index (χ0) is 18.8. The fourth-order valence-corrected chi connectivity index (χ4v) is 3.27. The molecule has 9 nitrogen and oxygen atoms in total. The number of benzene rings is 1. The Labute approximate surface area is 153 Å². The molecular weight excluding hydrogens is 348 g/mol. The van der Waals surface area contributed by atoms with Gasteiger partial charge >= 0.3 is 5.69 Å². The van der Waals surface area contributed by atoms with Crippen molar-refractivity contribution in [3.05, 3.63) is 63.7 Å². The minimum absolute atomic E-state index is 0.110. The van der Waals surface area contributed by atoms with Crippen LogP contribution in [0, 0.1) is 0 Å². The number of piperazine rings is 1.